The first kappa shape index (κ1) is 12.6. The van der Waals surface area contributed by atoms with Crippen molar-refractivity contribution in [3.8, 4) is 0 Å². The normalized spacial score (nSPS) is 15.1. The van der Waals surface area contributed by atoms with E-state index in [2.05, 4.69) is 34.8 Å². The molecule has 17 heavy (non-hydrogen) atoms. The Morgan fingerprint density at radius 3 is 2.82 bits per heavy atom. The second-order valence-electron chi connectivity index (χ2n) is 4.92. The summed E-state index contributed by atoms with van der Waals surface area (Å²) in [6.45, 7) is 5.10. The Hall–Kier alpha value is -0.900. The fourth-order valence-corrected chi connectivity index (χ4v) is 2.30. The number of hydrogen-bond acceptors (Lipinski definition) is 2. The maximum absolute atomic E-state index is 12.4. The zero-order valence-electron chi connectivity index (χ0n) is 10.2. The molecule has 0 bridgehead atoms. The Balaban J connectivity index is 2.19. The third kappa shape index (κ3) is 3.06. The smallest absolute Gasteiger partial charge is 0.256 e. The minimum atomic E-state index is 0.0983. The predicted molar refractivity (Wildman–Crippen MR) is 70.8 cm³/mol. The van der Waals surface area contributed by atoms with Gasteiger partial charge in [0.1, 0.15) is 4.60 Å². The van der Waals surface area contributed by atoms with E-state index in [0.29, 0.717) is 22.1 Å². The lowest BCUT2D eigenvalue weighted by Gasteiger charge is -2.24. The average Bonchev–Trinajstić information content (AvgIpc) is 3.09. The minimum absolute atomic E-state index is 0.0983. The second-order valence-corrected chi connectivity index (χ2v) is 5.68. The van der Waals surface area contributed by atoms with Crippen LogP contribution < -0.4 is 0 Å². The number of nitrogens with zero attached hydrogens (tertiary/aromatic N) is 2. The monoisotopic (exact) mass is 296 g/mol. The molecule has 1 saturated carbocycles. The summed E-state index contributed by atoms with van der Waals surface area (Å²) in [6.07, 6.45) is 3.96. The topological polar surface area (TPSA) is 33.2 Å². The molecular weight excluding hydrogens is 280 g/mol. The van der Waals surface area contributed by atoms with Crippen molar-refractivity contribution in [2.24, 2.45) is 5.92 Å². The number of amides is 1. The van der Waals surface area contributed by atoms with Gasteiger partial charge >= 0.3 is 0 Å². The molecule has 0 atom stereocenters. The van der Waals surface area contributed by atoms with Gasteiger partial charge in [-0.05, 0) is 46.8 Å². The summed E-state index contributed by atoms with van der Waals surface area (Å²) in [7, 11) is 0. The van der Waals surface area contributed by atoms with Crippen molar-refractivity contribution in [1.82, 2.24) is 9.88 Å². The summed E-state index contributed by atoms with van der Waals surface area (Å²) >= 11 is 3.34. The summed E-state index contributed by atoms with van der Waals surface area (Å²) in [6, 6.07) is 4.07. The standard InChI is InChI=1S/C13H17BrN2O/c1-9(2)8-16(10-5-6-10)13(17)11-4-3-7-15-12(11)14/h3-4,7,9-10H,5-6,8H2,1-2H3. The van der Waals surface area contributed by atoms with Gasteiger partial charge in [0.05, 0.1) is 5.56 Å². The van der Waals surface area contributed by atoms with Gasteiger partial charge in [-0.3, -0.25) is 4.79 Å². The van der Waals surface area contributed by atoms with Gasteiger partial charge < -0.3 is 4.90 Å². The number of hydrogen-bond donors (Lipinski definition) is 0. The van der Waals surface area contributed by atoms with Crippen molar-refractivity contribution in [2.75, 3.05) is 6.54 Å². The van der Waals surface area contributed by atoms with Crippen molar-refractivity contribution in [2.45, 2.75) is 32.7 Å². The maximum atomic E-state index is 12.4. The molecule has 0 aliphatic heterocycles. The molecule has 4 heteroatoms. The van der Waals surface area contributed by atoms with Gasteiger partial charge in [0.25, 0.3) is 5.91 Å². The molecule has 0 aromatic carbocycles. The number of halogens is 1. The highest BCUT2D eigenvalue weighted by Crippen LogP contribution is 2.30. The van der Waals surface area contributed by atoms with E-state index in [4.69, 9.17) is 0 Å². The molecular formula is C13H17BrN2O. The van der Waals surface area contributed by atoms with E-state index in [1.54, 1.807) is 12.3 Å². The first-order chi connectivity index (χ1) is 8.09. The molecule has 1 aliphatic carbocycles. The van der Waals surface area contributed by atoms with Gasteiger partial charge in [0.2, 0.25) is 0 Å². The average molecular weight is 297 g/mol. The Morgan fingerprint density at radius 2 is 2.29 bits per heavy atom. The van der Waals surface area contributed by atoms with Gasteiger partial charge in [0, 0.05) is 18.8 Å². The number of aromatic nitrogens is 1. The first-order valence-electron chi connectivity index (χ1n) is 6.01. The molecule has 1 aromatic rings. The van der Waals surface area contributed by atoms with Crippen LogP contribution in [0.2, 0.25) is 0 Å². The van der Waals surface area contributed by atoms with Gasteiger partial charge in [0.15, 0.2) is 0 Å². The summed E-state index contributed by atoms with van der Waals surface area (Å²) in [5.74, 6) is 0.594. The fraction of sp³-hybridized carbons (Fsp3) is 0.538. The van der Waals surface area contributed by atoms with Gasteiger partial charge in [-0.1, -0.05) is 13.8 Å². The largest absolute Gasteiger partial charge is 0.335 e. The maximum Gasteiger partial charge on any atom is 0.256 e. The lowest BCUT2D eigenvalue weighted by atomic mass is 10.1. The molecule has 1 aliphatic rings. The van der Waals surface area contributed by atoms with E-state index in [9.17, 15) is 4.79 Å². The van der Waals surface area contributed by atoms with Crippen LogP contribution in [-0.4, -0.2) is 28.4 Å². The number of carbonyl (C=O) groups is 1. The molecule has 92 valence electrons. The van der Waals surface area contributed by atoms with Crippen LogP contribution in [0.15, 0.2) is 22.9 Å². The number of carbonyl (C=O) groups excluding carboxylic acids is 1. The molecule has 0 unspecified atom stereocenters. The highest BCUT2D eigenvalue weighted by molar-refractivity contribution is 9.10. The van der Waals surface area contributed by atoms with Crippen LogP contribution >= 0.6 is 15.9 Å². The van der Waals surface area contributed by atoms with Crippen LogP contribution in [0.5, 0.6) is 0 Å². The highest BCUT2D eigenvalue weighted by Gasteiger charge is 2.33. The fourth-order valence-electron chi connectivity index (χ4n) is 1.88. The summed E-state index contributed by atoms with van der Waals surface area (Å²) in [5, 5.41) is 0. The van der Waals surface area contributed by atoms with Crippen molar-refractivity contribution in [1.29, 1.82) is 0 Å². The highest BCUT2D eigenvalue weighted by atomic mass is 79.9. The van der Waals surface area contributed by atoms with E-state index < -0.39 is 0 Å². The van der Waals surface area contributed by atoms with Crippen LogP contribution in [0.25, 0.3) is 0 Å². The molecule has 0 radical (unpaired) electrons. The van der Waals surface area contributed by atoms with Crippen molar-refractivity contribution < 1.29 is 4.79 Å². The Labute approximate surface area is 110 Å². The molecule has 1 amide bonds. The van der Waals surface area contributed by atoms with Crippen molar-refractivity contribution in [3.05, 3.63) is 28.5 Å². The molecule has 0 N–H and O–H groups in total. The number of rotatable bonds is 4. The van der Waals surface area contributed by atoms with Gasteiger partial charge in [-0.25, -0.2) is 4.98 Å². The van der Waals surface area contributed by atoms with Gasteiger partial charge in [-0.15, -0.1) is 0 Å². The molecule has 1 aromatic heterocycles. The van der Waals surface area contributed by atoms with Crippen molar-refractivity contribution in [3.63, 3.8) is 0 Å². The quantitative estimate of drug-likeness (QED) is 0.800. The van der Waals surface area contributed by atoms with Gasteiger partial charge in [-0.2, -0.15) is 0 Å². The predicted octanol–water partition coefficient (Wildman–Crippen LogP) is 3.10. The Kier molecular flexibility index (Phi) is 3.82. The van der Waals surface area contributed by atoms with E-state index in [0.717, 1.165) is 19.4 Å². The summed E-state index contributed by atoms with van der Waals surface area (Å²) in [5.41, 5.74) is 0.667. The SMILES string of the molecule is CC(C)CN(C(=O)c1cccnc1Br)C1CC1. The van der Waals surface area contributed by atoms with E-state index in [1.807, 2.05) is 11.0 Å². The van der Waals surface area contributed by atoms with Crippen molar-refractivity contribution >= 4 is 21.8 Å². The van der Waals surface area contributed by atoms with E-state index in [1.165, 1.54) is 0 Å². The minimum Gasteiger partial charge on any atom is -0.335 e. The molecule has 0 saturated heterocycles. The molecule has 1 fully saturated rings. The second kappa shape index (κ2) is 5.17. The first-order valence-corrected chi connectivity index (χ1v) is 6.80. The van der Waals surface area contributed by atoms with E-state index >= 15 is 0 Å². The molecule has 2 rings (SSSR count). The van der Waals surface area contributed by atoms with Crippen LogP contribution in [0, 0.1) is 5.92 Å². The summed E-state index contributed by atoms with van der Waals surface area (Å²) < 4.78 is 0.638. The molecule has 1 heterocycles. The van der Waals surface area contributed by atoms with Crippen LogP contribution in [0.3, 0.4) is 0 Å². The van der Waals surface area contributed by atoms with Crippen LogP contribution in [-0.2, 0) is 0 Å². The Morgan fingerprint density at radius 1 is 1.59 bits per heavy atom. The zero-order valence-corrected chi connectivity index (χ0v) is 11.8. The lowest BCUT2D eigenvalue weighted by molar-refractivity contribution is 0.0721. The van der Waals surface area contributed by atoms with Crippen LogP contribution in [0.4, 0.5) is 0 Å². The van der Waals surface area contributed by atoms with Crippen LogP contribution in [0.1, 0.15) is 37.0 Å². The third-order valence-corrected chi connectivity index (χ3v) is 3.43. The zero-order chi connectivity index (χ0) is 12.4. The lowest BCUT2D eigenvalue weighted by Crippen LogP contribution is -2.36. The third-order valence-electron chi connectivity index (χ3n) is 2.80. The van der Waals surface area contributed by atoms with E-state index in [-0.39, 0.29) is 5.91 Å². The molecule has 3 nitrogen and oxygen atoms in total. The summed E-state index contributed by atoms with van der Waals surface area (Å²) in [4.78, 5) is 18.5. The number of pyridine rings is 1. The molecule has 0 spiro atoms. The Bertz CT molecular complexity index is 416.